The van der Waals surface area contributed by atoms with Crippen LogP contribution in [0.1, 0.15) is 20.9 Å². The van der Waals surface area contributed by atoms with Gasteiger partial charge >= 0.3 is 0 Å². The minimum absolute atomic E-state index is 0.197. The lowest BCUT2D eigenvalue weighted by Gasteiger charge is -2.07. The molecule has 0 aliphatic carbocycles. The number of rotatable bonds is 4. The summed E-state index contributed by atoms with van der Waals surface area (Å²) in [5.41, 5.74) is 1.47. The van der Waals surface area contributed by atoms with Crippen LogP contribution in [0.5, 0.6) is 11.5 Å². The molecule has 0 aliphatic rings. The number of carbonyl (C=O) groups excluding carboxylic acids is 1. The number of aryl methyl sites for hydroxylation is 2. The Balaban J connectivity index is 1.75. The molecule has 1 aromatic heterocycles. The minimum atomic E-state index is -0.197. The first-order chi connectivity index (χ1) is 11.1. The Hall–Kier alpha value is -2.66. The molecule has 116 valence electrons. The van der Waals surface area contributed by atoms with Crippen molar-refractivity contribution in [3.8, 4) is 11.5 Å². The number of para-hydroxylation sites is 1. The molecule has 0 saturated heterocycles. The van der Waals surface area contributed by atoms with E-state index in [9.17, 15) is 4.79 Å². The number of hydrogen-bond acceptors (Lipinski definition) is 4. The van der Waals surface area contributed by atoms with Gasteiger partial charge in [-0.3, -0.25) is 10.1 Å². The molecule has 0 spiro atoms. The van der Waals surface area contributed by atoms with Crippen molar-refractivity contribution in [2.45, 2.75) is 13.8 Å². The highest BCUT2D eigenvalue weighted by atomic mass is 32.1. The maximum absolute atomic E-state index is 12.3. The quantitative estimate of drug-likeness (QED) is 0.749. The Morgan fingerprint density at radius 3 is 2.48 bits per heavy atom. The highest BCUT2D eigenvalue weighted by molar-refractivity contribution is 7.15. The van der Waals surface area contributed by atoms with E-state index in [-0.39, 0.29) is 5.91 Å². The molecule has 0 unspecified atom stereocenters. The van der Waals surface area contributed by atoms with Crippen molar-refractivity contribution in [2.24, 2.45) is 0 Å². The van der Waals surface area contributed by atoms with Crippen LogP contribution in [-0.2, 0) is 0 Å². The van der Waals surface area contributed by atoms with E-state index in [4.69, 9.17) is 4.74 Å². The van der Waals surface area contributed by atoms with Gasteiger partial charge in [0.2, 0.25) is 0 Å². The molecule has 4 nitrogen and oxygen atoms in total. The zero-order chi connectivity index (χ0) is 16.2. The number of benzene rings is 2. The lowest BCUT2D eigenvalue weighted by atomic mass is 10.2. The third kappa shape index (κ3) is 3.76. The van der Waals surface area contributed by atoms with Gasteiger partial charge in [0.05, 0.1) is 5.69 Å². The summed E-state index contributed by atoms with van der Waals surface area (Å²) < 4.78 is 5.75. The summed E-state index contributed by atoms with van der Waals surface area (Å²) in [4.78, 5) is 17.8. The Morgan fingerprint density at radius 1 is 1.04 bits per heavy atom. The van der Waals surface area contributed by atoms with Gasteiger partial charge in [-0.25, -0.2) is 4.98 Å². The Kier molecular flexibility index (Phi) is 4.39. The summed E-state index contributed by atoms with van der Waals surface area (Å²) >= 11 is 1.47. The topological polar surface area (TPSA) is 51.2 Å². The highest BCUT2D eigenvalue weighted by Crippen LogP contribution is 2.24. The minimum Gasteiger partial charge on any atom is -0.457 e. The van der Waals surface area contributed by atoms with Crippen LogP contribution in [0.3, 0.4) is 0 Å². The van der Waals surface area contributed by atoms with Gasteiger partial charge in [0.25, 0.3) is 5.91 Å². The number of amides is 1. The number of ether oxygens (including phenoxy) is 1. The molecule has 0 fully saturated rings. The van der Waals surface area contributed by atoms with Crippen molar-refractivity contribution in [3.05, 3.63) is 70.7 Å². The second-order valence-corrected chi connectivity index (χ2v) is 6.26. The summed E-state index contributed by atoms with van der Waals surface area (Å²) in [5.74, 6) is 1.16. The van der Waals surface area contributed by atoms with Crippen molar-refractivity contribution >= 4 is 22.4 Å². The number of hydrogen-bond donors (Lipinski definition) is 1. The van der Waals surface area contributed by atoms with Crippen molar-refractivity contribution in [1.29, 1.82) is 0 Å². The fourth-order valence-corrected chi connectivity index (χ4v) is 2.83. The fourth-order valence-electron chi connectivity index (χ4n) is 2.02. The van der Waals surface area contributed by atoms with E-state index >= 15 is 0 Å². The summed E-state index contributed by atoms with van der Waals surface area (Å²) in [6.07, 6.45) is 0. The molecule has 3 aromatic rings. The number of nitrogens with zero attached hydrogens (tertiary/aromatic N) is 1. The predicted molar refractivity (Wildman–Crippen MR) is 92.5 cm³/mol. The average molecular weight is 324 g/mol. The SMILES string of the molecule is Cc1nc(NC(=O)c2cccc(Oc3ccccc3)c2)sc1C. The largest absolute Gasteiger partial charge is 0.457 e. The van der Waals surface area contributed by atoms with Gasteiger partial charge in [-0.1, -0.05) is 24.3 Å². The number of carbonyl (C=O) groups is 1. The fraction of sp³-hybridized carbons (Fsp3) is 0.111. The molecule has 1 N–H and O–H groups in total. The van der Waals surface area contributed by atoms with E-state index < -0.39 is 0 Å². The van der Waals surface area contributed by atoms with Crippen LogP contribution in [0.15, 0.2) is 54.6 Å². The molecular weight excluding hydrogens is 308 g/mol. The molecule has 1 heterocycles. The first-order valence-corrected chi connectivity index (χ1v) is 8.02. The van der Waals surface area contributed by atoms with Gasteiger partial charge in [0, 0.05) is 10.4 Å². The van der Waals surface area contributed by atoms with Crippen LogP contribution >= 0.6 is 11.3 Å². The molecule has 2 aromatic carbocycles. The third-order valence-electron chi connectivity index (χ3n) is 3.32. The van der Waals surface area contributed by atoms with Crippen LogP contribution in [0.2, 0.25) is 0 Å². The van der Waals surface area contributed by atoms with Gasteiger partial charge in [0.1, 0.15) is 11.5 Å². The number of anilines is 1. The van der Waals surface area contributed by atoms with E-state index in [1.165, 1.54) is 11.3 Å². The van der Waals surface area contributed by atoms with Crippen molar-refractivity contribution in [1.82, 2.24) is 4.98 Å². The Labute approximate surface area is 138 Å². The second kappa shape index (κ2) is 6.62. The first-order valence-electron chi connectivity index (χ1n) is 7.20. The zero-order valence-electron chi connectivity index (χ0n) is 12.9. The van der Waals surface area contributed by atoms with Gasteiger partial charge in [-0.2, -0.15) is 0 Å². The molecule has 5 heteroatoms. The molecule has 23 heavy (non-hydrogen) atoms. The lowest BCUT2D eigenvalue weighted by molar-refractivity contribution is 0.102. The number of aromatic nitrogens is 1. The van der Waals surface area contributed by atoms with Crippen LogP contribution in [-0.4, -0.2) is 10.9 Å². The van der Waals surface area contributed by atoms with Crippen LogP contribution in [0, 0.1) is 13.8 Å². The Morgan fingerprint density at radius 2 is 1.78 bits per heavy atom. The normalized spacial score (nSPS) is 10.3. The number of nitrogens with one attached hydrogen (secondary N) is 1. The molecule has 0 bridgehead atoms. The predicted octanol–water partition coefficient (Wildman–Crippen LogP) is 4.80. The van der Waals surface area contributed by atoms with E-state index in [1.54, 1.807) is 18.2 Å². The lowest BCUT2D eigenvalue weighted by Crippen LogP contribution is -2.11. The van der Waals surface area contributed by atoms with Gasteiger partial charge in [-0.05, 0) is 44.2 Å². The molecular formula is C18H16N2O2S. The molecule has 1 amide bonds. The van der Waals surface area contributed by atoms with Gasteiger partial charge < -0.3 is 4.74 Å². The van der Waals surface area contributed by atoms with E-state index in [1.807, 2.05) is 50.2 Å². The van der Waals surface area contributed by atoms with E-state index in [2.05, 4.69) is 10.3 Å². The second-order valence-electron chi connectivity index (χ2n) is 5.06. The summed E-state index contributed by atoms with van der Waals surface area (Å²) in [6.45, 7) is 3.91. The number of thiazole rings is 1. The van der Waals surface area contributed by atoms with Gasteiger partial charge in [-0.15, -0.1) is 11.3 Å². The molecule has 3 rings (SSSR count). The van der Waals surface area contributed by atoms with Crippen molar-refractivity contribution in [3.63, 3.8) is 0 Å². The molecule has 0 aliphatic heterocycles. The molecule has 0 atom stereocenters. The van der Waals surface area contributed by atoms with Crippen LogP contribution in [0.4, 0.5) is 5.13 Å². The zero-order valence-corrected chi connectivity index (χ0v) is 13.7. The monoisotopic (exact) mass is 324 g/mol. The van der Waals surface area contributed by atoms with Crippen LogP contribution < -0.4 is 10.1 Å². The third-order valence-corrected chi connectivity index (χ3v) is 4.31. The molecule has 0 saturated carbocycles. The van der Waals surface area contributed by atoms with E-state index in [0.717, 1.165) is 16.3 Å². The maximum atomic E-state index is 12.3. The smallest absolute Gasteiger partial charge is 0.257 e. The summed E-state index contributed by atoms with van der Waals surface area (Å²) in [7, 11) is 0. The van der Waals surface area contributed by atoms with Gasteiger partial charge in [0.15, 0.2) is 5.13 Å². The Bertz CT molecular complexity index is 809. The summed E-state index contributed by atoms with van der Waals surface area (Å²) in [5, 5.41) is 3.43. The first kappa shape index (κ1) is 15.2. The molecule has 0 radical (unpaired) electrons. The highest BCUT2D eigenvalue weighted by Gasteiger charge is 2.11. The standard InChI is InChI=1S/C18H16N2O2S/c1-12-13(2)23-18(19-12)20-17(21)14-7-6-10-16(11-14)22-15-8-4-3-5-9-15/h3-11H,1-2H3,(H,19,20,21). The van der Waals surface area contributed by atoms with E-state index in [0.29, 0.717) is 16.4 Å². The van der Waals surface area contributed by atoms with Crippen molar-refractivity contribution < 1.29 is 9.53 Å². The maximum Gasteiger partial charge on any atom is 0.257 e. The van der Waals surface area contributed by atoms with Crippen LogP contribution in [0.25, 0.3) is 0 Å². The summed E-state index contributed by atoms with van der Waals surface area (Å²) in [6, 6.07) is 16.6. The van der Waals surface area contributed by atoms with Crippen molar-refractivity contribution in [2.75, 3.05) is 5.32 Å². The average Bonchev–Trinajstić information content (AvgIpc) is 2.86.